The van der Waals surface area contributed by atoms with Gasteiger partial charge in [0.1, 0.15) is 36.1 Å². The highest BCUT2D eigenvalue weighted by molar-refractivity contribution is 6.25. The number of imidazole rings is 1. The third-order valence-corrected chi connectivity index (χ3v) is 3.15. The average molecular weight is 284 g/mol. The molecule has 2 aromatic rings. The lowest BCUT2D eigenvalue weighted by atomic mass is 10.2. The number of nitrogens with two attached hydrogens (primary N) is 1. The molecule has 19 heavy (non-hydrogen) atoms. The predicted octanol–water partition coefficient (Wildman–Crippen LogP) is -0.261. The second-order valence-electron chi connectivity index (χ2n) is 4.04. The van der Waals surface area contributed by atoms with Gasteiger partial charge in [-0.1, -0.05) is 11.6 Å². The molecule has 3 atom stereocenters. The summed E-state index contributed by atoms with van der Waals surface area (Å²) in [6.45, 7) is 0. The zero-order valence-corrected chi connectivity index (χ0v) is 10.3. The van der Waals surface area contributed by atoms with E-state index in [2.05, 4.69) is 15.0 Å². The average Bonchev–Trinajstić information content (AvgIpc) is 2.94. The van der Waals surface area contributed by atoms with Crippen LogP contribution >= 0.6 is 11.6 Å². The van der Waals surface area contributed by atoms with E-state index in [1.165, 1.54) is 17.2 Å². The van der Waals surface area contributed by atoms with Crippen LogP contribution in [0.5, 0.6) is 0 Å². The van der Waals surface area contributed by atoms with Crippen LogP contribution in [-0.2, 0) is 4.74 Å². The van der Waals surface area contributed by atoms with E-state index < -0.39 is 18.4 Å². The molecule has 2 aromatic heterocycles. The van der Waals surface area contributed by atoms with Crippen molar-refractivity contribution in [3.05, 3.63) is 23.9 Å². The number of rotatable bonds is 1. The number of nitrogen functional groups attached to an aromatic ring is 1. The SMILES string of the molecule is Nc1ncnc2c1ncn2C1OC(=CCl)C(O)C1O. The lowest BCUT2D eigenvalue weighted by Crippen LogP contribution is -2.27. The first-order valence-corrected chi connectivity index (χ1v) is 5.83. The Balaban J connectivity index is 2.09. The van der Waals surface area contributed by atoms with Crippen LogP contribution in [0, 0.1) is 0 Å². The maximum Gasteiger partial charge on any atom is 0.207 e. The van der Waals surface area contributed by atoms with Crippen LogP contribution in [0.3, 0.4) is 0 Å². The van der Waals surface area contributed by atoms with Crippen LogP contribution in [0.2, 0.25) is 0 Å². The summed E-state index contributed by atoms with van der Waals surface area (Å²) in [5.74, 6) is 0.313. The van der Waals surface area contributed by atoms with Gasteiger partial charge in [0.15, 0.2) is 11.5 Å². The molecule has 0 radical (unpaired) electrons. The minimum atomic E-state index is -1.20. The van der Waals surface area contributed by atoms with Gasteiger partial charge >= 0.3 is 0 Å². The Morgan fingerprint density at radius 3 is 2.84 bits per heavy atom. The van der Waals surface area contributed by atoms with Crippen LogP contribution < -0.4 is 5.73 Å². The fraction of sp³-hybridized carbons (Fsp3) is 0.300. The number of anilines is 1. The first-order valence-electron chi connectivity index (χ1n) is 5.39. The zero-order valence-electron chi connectivity index (χ0n) is 9.51. The lowest BCUT2D eigenvalue weighted by Gasteiger charge is -2.15. The van der Waals surface area contributed by atoms with Gasteiger partial charge in [0.05, 0.1) is 0 Å². The third kappa shape index (κ3) is 1.72. The maximum atomic E-state index is 9.96. The fourth-order valence-corrected chi connectivity index (χ4v) is 2.15. The standard InChI is InChI=1S/C10H10ClN5O3/c11-1-4-6(17)7(18)10(19-4)16-3-15-5-8(12)13-2-14-9(5)16/h1-3,6-7,10,17-18H,(H2,12,13,14). The number of nitrogens with zero attached hydrogens (tertiary/aromatic N) is 4. The van der Waals surface area contributed by atoms with Crippen molar-refractivity contribution in [2.24, 2.45) is 0 Å². The molecular formula is C10H10ClN5O3. The Bertz CT molecular complexity index is 658. The molecule has 3 unspecified atom stereocenters. The molecule has 4 N–H and O–H groups in total. The quantitative estimate of drug-likeness (QED) is 0.659. The van der Waals surface area contributed by atoms with E-state index in [-0.39, 0.29) is 11.6 Å². The summed E-state index contributed by atoms with van der Waals surface area (Å²) < 4.78 is 6.85. The van der Waals surface area contributed by atoms with E-state index in [0.717, 1.165) is 5.54 Å². The molecule has 0 saturated carbocycles. The monoisotopic (exact) mass is 283 g/mol. The molecule has 3 heterocycles. The number of fused-ring (bicyclic) bond motifs is 1. The molecular weight excluding hydrogens is 274 g/mol. The van der Waals surface area contributed by atoms with Gasteiger partial charge in [-0.2, -0.15) is 0 Å². The van der Waals surface area contributed by atoms with Crippen molar-refractivity contribution in [3.63, 3.8) is 0 Å². The van der Waals surface area contributed by atoms with E-state index in [0.29, 0.717) is 11.2 Å². The van der Waals surface area contributed by atoms with Crippen LogP contribution in [0.25, 0.3) is 11.2 Å². The van der Waals surface area contributed by atoms with Gasteiger partial charge in [-0.3, -0.25) is 4.57 Å². The first-order chi connectivity index (χ1) is 9.13. The van der Waals surface area contributed by atoms with E-state index >= 15 is 0 Å². The van der Waals surface area contributed by atoms with E-state index in [1.54, 1.807) is 0 Å². The smallest absolute Gasteiger partial charge is 0.207 e. The minimum absolute atomic E-state index is 0.0862. The van der Waals surface area contributed by atoms with Crippen molar-refractivity contribution in [1.29, 1.82) is 0 Å². The Morgan fingerprint density at radius 2 is 2.16 bits per heavy atom. The highest BCUT2D eigenvalue weighted by Crippen LogP contribution is 2.34. The van der Waals surface area contributed by atoms with Crippen LogP contribution in [-0.4, -0.2) is 41.9 Å². The van der Waals surface area contributed by atoms with Gasteiger partial charge in [-0.15, -0.1) is 0 Å². The number of aromatic nitrogens is 4. The normalized spacial score (nSPS) is 29.0. The van der Waals surface area contributed by atoms with Gasteiger partial charge in [0.2, 0.25) is 6.23 Å². The van der Waals surface area contributed by atoms with E-state index in [9.17, 15) is 10.2 Å². The molecule has 9 heteroatoms. The molecule has 0 amide bonds. The fourth-order valence-electron chi connectivity index (χ4n) is 1.97. The number of hydrogen-bond donors (Lipinski definition) is 3. The summed E-state index contributed by atoms with van der Waals surface area (Å²) in [6, 6.07) is 0. The molecule has 0 aliphatic carbocycles. The van der Waals surface area contributed by atoms with Crippen molar-refractivity contribution in [1.82, 2.24) is 19.5 Å². The van der Waals surface area contributed by atoms with Crippen LogP contribution in [0.4, 0.5) is 5.82 Å². The van der Waals surface area contributed by atoms with Gasteiger partial charge in [0.25, 0.3) is 0 Å². The molecule has 8 nitrogen and oxygen atoms in total. The number of hydrogen-bond acceptors (Lipinski definition) is 7. The number of halogens is 1. The Labute approximate surface area is 112 Å². The molecule has 1 aliphatic heterocycles. The molecule has 100 valence electrons. The lowest BCUT2D eigenvalue weighted by molar-refractivity contribution is -0.0118. The summed E-state index contributed by atoms with van der Waals surface area (Å²) in [5, 5.41) is 19.7. The second kappa shape index (κ2) is 4.34. The number of aliphatic hydroxyl groups excluding tert-OH is 2. The van der Waals surface area contributed by atoms with Gasteiger partial charge < -0.3 is 20.7 Å². The molecule has 1 aliphatic rings. The first kappa shape index (κ1) is 12.2. The summed E-state index contributed by atoms with van der Waals surface area (Å²) in [5.41, 5.74) is 7.55. The third-order valence-electron chi connectivity index (χ3n) is 2.93. The van der Waals surface area contributed by atoms with E-state index in [1.807, 2.05) is 0 Å². The molecule has 3 rings (SSSR count). The summed E-state index contributed by atoms with van der Waals surface area (Å²) in [7, 11) is 0. The van der Waals surface area contributed by atoms with Gasteiger partial charge in [-0.05, 0) is 0 Å². The summed E-state index contributed by atoms with van der Waals surface area (Å²) in [4.78, 5) is 11.9. The van der Waals surface area contributed by atoms with Crippen molar-refractivity contribution in [2.45, 2.75) is 18.4 Å². The highest BCUT2D eigenvalue weighted by Gasteiger charge is 2.41. The highest BCUT2D eigenvalue weighted by atomic mass is 35.5. The topological polar surface area (TPSA) is 119 Å². The predicted molar refractivity (Wildman–Crippen MR) is 65.8 cm³/mol. The van der Waals surface area contributed by atoms with Crippen molar-refractivity contribution in [2.75, 3.05) is 5.73 Å². The van der Waals surface area contributed by atoms with Gasteiger partial charge in [-0.25, -0.2) is 15.0 Å². The molecule has 1 saturated heterocycles. The maximum absolute atomic E-state index is 9.96. The number of ether oxygens (including phenoxy) is 1. The van der Waals surface area contributed by atoms with Crippen molar-refractivity contribution in [3.8, 4) is 0 Å². The molecule has 0 bridgehead atoms. The largest absolute Gasteiger partial charge is 0.468 e. The second-order valence-corrected chi connectivity index (χ2v) is 4.26. The molecule has 0 spiro atoms. The van der Waals surface area contributed by atoms with Crippen molar-refractivity contribution < 1.29 is 14.9 Å². The van der Waals surface area contributed by atoms with Crippen LogP contribution in [0.1, 0.15) is 6.23 Å². The molecule has 0 aromatic carbocycles. The number of aliphatic hydroxyl groups is 2. The minimum Gasteiger partial charge on any atom is -0.468 e. The van der Waals surface area contributed by atoms with E-state index in [4.69, 9.17) is 22.1 Å². The Morgan fingerprint density at radius 1 is 1.37 bits per heavy atom. The summed E-state index contributed by atoms with van der Waals surface area (Å²) in [6.07, 6.45) is -0.559. The Hall–Kier alpha value is -1.90. The van der Waals surface area contributed by atoms with Gasteiger partial charge in [0, 0.05) is 5.54 Å². The summed E-state index contributed by atoms with van der Waals surface area (Å²) >= 11 is 5.51. The van der Waals surface area contributed by atoms with Crippen LogP contribution in [0.15, 0.2) is 23.9 Å². The van der Waals surface area contributed by atoms with Crippen molar-refractivity contribution >= 4 is 28.6 Å². The zero-order chi connectivity index (χ0) is 13.6. The molecule has 1 fully saturated rings. The Kier molecular flexibility index (Phi) is 2.77.